The molecule has 0 spiro atoms. The van der Waals surface area contributed by atoms with Crippen molar-refractivity contribution in [3.8, 4) is 5.75 Å². The molecule has 0 bridgehead atoms. The molecule has 0 unspecified atom stereocenters. The zero-order valence-corrected chi connectivity index (χ0v) is 6.39. The lowest BCUT2D eigenvalue weighted by atomic mass is 10.5. The number of aromatic nitrogens is 1. The fourth-order valence-electron chi connectivity index (χ4n) is 0.572. The van der Waals surface area contributed by atoms with Crippen molar-refractivity contribution in [1.29, 1.82) is 0 Å². The molecule has 1 rings (SSSR count). The van der Waals surface area contributed by atoms with Gasteiger partial charge >= 0.3 is 0 Å². The van der Waals surface area contributed by atoms with Crippen molar-refractivity contribution in [2.75, 3.05) is 0 Å². The Morgan fingerprint density at radius 2 is 2.10 bits per heavy atom. The van der Waals surface area contributed by atoms with Crippen LogP contribution in [0.4, 0.5) is 0 Å². The monoisotopic (exact) mass is 153 g/mol. The highest BCUT2D eigenvalue weighted by Crippen LogP contribution is 2.06. The van der Waals surface area contributed by atoms with E-state index in [1.165, 1.54) is 0 Å². The molecule has 0 saturated heterocycles. The van der Waals surface area contributed by atoms with Crippen molar-refractivity contribution in [3.05, 3.63) is 24.5 Å². The van der Waals surface area contributed by atoms with Crippen LogP contribution < -0.4 is 4.74 Å². The summed E-state index contributed by atoms with van der Waals surface area (Å²) >= 11 is 4.73. The molecule has 0 aliphatic rings. The van der Waals surface area contributed by atoms with Gasteiger partial charge in [0.2, 0.25) is 0 Å². The maximum Gasteiger partial charge on any atom is 0.164 e. The summed E-state index contributed by atoms with van der Waals surface area (Å²) in [5.74, 6) is 0.738. The van der Waals surface area contributed by atoms with Gasteiger partial charge in [-0.05, 0) is 24.4 Å². The van der Waals surface area contributed by atoms with E-state index in [1.807, 2.05) is 0 Å². The zero-order valence-electron chi connectivity index (χ0n) is 5.57. The number of thiocarbonyl (C=S) groups is 1. The van der Waals surface area contributed by atoms with E-state index in [2.05, 4.69) is 4.98 Å². The van der Waals surface area contributed by atoms with Gasteiger partial charge in [-0.25, -0.2) is 0 Å². The predicted molar refractivity (Wildman–Crippen MR) is 43.1 cm³/mol. The molecule has 0 aliphatic heterocycles. The lowest BCUT2D eigenvalue weighted by molar-refractivity contribution is 0.560. The largest absolute Gasteiger partial charge is 0.450 e. The Bertz CT molecular complexity index is 222. The van der Waals surface area contributed by atoms with Crippen LogP contribution in [-0.4, -0.2) is 10.0 Å². The normalized spacial score (nSPS) is 8.90. The molecule has 0 aliphatic carbocycles. The maximum atomic E-state index is 5.11. The van der Waals surface area contributed by atoms with E-state index in [9.17, 15) is 0 Å². The SMILES string of the molecule is CC(=S)Oc1ccncc1. The Hall–Kier alpha value is -0.960. The molecular weight excluding hydrogens is 146 g/mol. The van der Waals surface area contributed by atoms with Crippen LogP contribution in [-0.2, 0) is 0 Å². The standard InChI is InChI=1S/C7H7NOS/c1-6(10)9-7-2-4-8-5-3-7/h2-5H,1H3. The average Bonchev–Trinajstić information content (AvgIpc) is 1.88. The first kappa shape index (κ1) is 7.15. The molecule has 52 valence electrons. The second kappa shape index (κ2) is 3.27. The number of ether oxygens (including phenoxy) is 1. The maximum absolute atomic E-state index is 5.11. The highest BCUT2D eigenvalue weighted by Gasteiger charge is 1.90. The third-order valence-electron chi connectivity index (χ3n) is 0.911. The van der Waals surface area contributed by atoms with Crippen molar-refractivity contribution in [2.24, 2.45) is 0 Å². The van der Waals surface area contributed by atoms with Gasteiger partial charge in [0.1, 0.15) is 5.75 Å². The van der Waals surface area contributed by atoms with Crippen molar-refractivity contribution >= 4 is 17.3 Å². The minimum atomic E-state index is 0.520. The second-order valence-electron chi connectivity index (χ2n) is 1.78. The fraction of sp³-hybridized carbons (Fsp3) is 0.143. The predicted octanol–water partition coefficient (Wildman–Crippen LogP) is 1.81. The number of nitrogens with zero attached hydrogens (tertiary/aromatic N) is 1. The van der Waals surface area contributed by atoms with Crippen LogP contribution in [0.2, 0.25) is 0 Å². The summed E-state index contributed by atoms with van der Waals surface area (Å²) in [7, 11) is 0. The minimum absolute atomic E-state index is 0.520. The summed E-state index contributed by atoms with van der Waals surface area (Å²) in [6.07, 6.45) is 3.32. The van der Waals surface area contributed by atoms with Gasteiger partial charge in [0.15, 0.2) is 5.05 Å². The van der Waals surface area contributed by atoms with Crippen molar-refractivity contribution < 1.29 is 4.74 Å². The lowest BCUT2D eigenvalue weighted by Gasteiger charge is -1.99. The molecule has 3 heteroatoms. The van der Waals surface area contributed by atoms with Gasteiger partial charge < -0.3 is 4.74 Å². The van der Waals surface area contributed by atoms with Crippen molar-refractivity contribution in [1.82, 2.24) is 4.98 Å². The summed E-state index contributed by atoms with van der Waals surface area (Å²) < 4.78 is 5.11. The number of pyridine rings is 1. The van der Waals surface area contributed by atoms with E-state index in [1.54, 1.807) is 31.5 Å². The highest BCUT2D eigenvalue weighted by atomic mass is 32.1. The van der Waals surface area contributed by atoms with Gasteiger partial charge in [-0.15, -0.1) is 0 Å². The first-order valence-corrected chi connectivity index (χ1v) is 3.28. The molecular formula is C7H7NOS. The summed E-state index contributed by atoms with van der Waals surface area (Å²) in [6.45, 7) is 1.73. The van der Waals surface area contributed by atoms with Crippen LogP contribution in [0.25, 0.3) is 0 Å². The average molecular weight is 153 g/mol. The Morgan fingerprint density at radius 3 is 2.60 bits per heavy atom. The van der Waals surface area contributed by atoms with Gasteiger partial charge in [-0.1, -0.05) is 0 Å². The minimum Gasteiger partial charge on any atom is -0.450 e. The first-order chi connectivity index (χ1) is 4.79. The molecule has 0 radical (unpaired) electrons. The van der Waals surface area contributed by atoms with Crippen LogP contribution in [0.5, 0.6) is 5.75 Å². The molecule has 2 nitrogen and oxygen atoms in total. The molecule has 0 N–H and O–H groups in total. The van der Waals surface area contributed by atoms with E-state index in [0.29, 0.717) is 5.05 Å². The first-order valence-electron chi connectivity index (χ1n) is 2.87. The van der Waals surface area contributed by atoms with Gasteiger partial charge in [0.25, 0.3) is 0 Å². The van der Waals surface area contributed by atoms with Crippen LogP contribution >= 0.6 is 12.2 Å². The van der Waals surface area contributed by atoms with E-state index in [0.717, 1.165) is 5.75 Å². The third kappa shape index (κ3) is 2.11. The molecule has 0 fully saturated rings. The molecule has 1 aromatic rings. The molecule has 0 aromatic carbocycles. The molecule has 0 atom stereocenters. The number of hydrogen-bond acceptors (Lipinski definition) is 3. The molecule has 1 aromatic heterocycles. The second-order valence-corrected chi connectivity index (χ2v) is 2.35. The van der Waals surface area contributed by atoms with Gasteiger partial charge in [0, 0.05) is 19.3 Å². The van der Waals surface area contributed by atoms with Crippen LogP contribution in [0.15, 0.2) is 24.5 Å². The Kier molecular flexibility index (Phi) is 2.34. The zero-order chi connectivity index (χ0) is 7.40. The summed E-state index contributed by atoms with van der Waals surface area (Å²) in [4.78, 5) is 3.83. The summed E-state index contributed by atoms with van der Waals surface area (Å²) in [5.41, 5.74) is 0. The van der Waals surface area contributed by atoms with Crippen molar-refractivity contribution in [3.63, 3.8) is 0 Å². The fourth-order valence-corrected chi connectivity index (χ4v) is 0.668. The lowest BCUT2D eigenvalue weighted by Crippen LogP contribution is -1.97. The molecule has 10 heavy (non-hydrogen) atoms. The number of rotatable bonds is 1. The van der Waals surface area contributed by atoms with Crippen LogP contribution in [0, 0.1) is 0 Å². The highest BCUT2D eigenvalue weighted by molar-refractivity contribution is 7.80. The summed E-state index contributed by atoms with van der Waals surface area (Å²) in [6, 6.07) is 3.52. The Balaban J connectivity index is 2.67. The molecule has 0 saturated carbocycles. The van der Waals surface area contributed by atoms with Gasteiger partial charge in [-0.3, -0.25) is 4.98 Å². The van der Waals surface area contributed by atoms with E-state index >= 15 is 0 Å². The smallest absolute Gasteiger partial charge is 0.164 e. The van der Waals surface area contributed by atoms with Gasteiger partial charge in [-0.2, -0.15) is 0 Å². The quantitative estimate of drug-likeness (QED) is 0.574. The molecule has 0 amide bonds. The molecule has 1 heterocycles. The van der Waals surface area contributed by atoms with E-state index < -0.39 is 0 Å². The van der Waals surface area contributed by atoms with E-state index in [-0.39, 0.29) is 0 Å². The Morgan fingerprint density at radius 1 is 1.50 bits per heavy atom. The topological polar surface area (TPSA) is 22.1 Å². The van der Waals surface area contributed by atoms with Crippen molar-refractivity contribution in [2.45, 2.75) is 6.92 Å². The van der Waals surface area contributed by atoms with Gasteiger partial charge in [0.05, 0.1) is 0 Å². The number of hydrogen-bond donors (Lipinski definition) is 0. The Labute approximate surface area is 64.9 Å². The van der Waals surface area contributed by atoms with Crippen LogP contribution in [0.1, 0.15) is 6.92 Å². The third-order valence-corrected chi connectivity index (χ3v) is 0.995. The summed E-state index contributed by atoms with van der Waals surface area (Å²) in [5, 5.41) is 0.520. The van der Waals surface area contributed by atoms with E-state index in [4.69, 9.17) is 17.0 Å². The van der Waals surface area contributed by atoms with Crippen LogP contribution in [0.3, 0.4) is 0 Å².